The zero-order valence-electron chi connectivity index (χ0n) is 13.6. The predicted octanol–water partition coefficient (Wildman–Crippen LogP) is 0.744. The molecule has 0 aliphatic rings. The third-order valence-electron chi connectivity index (χ3n) is 3.28. The van der Waals surface area contributed by atoms with E-state index in [9.17, 15) is 21.6 Å². The maximum absolute atomic E-state index is 12.3. The summed E-state index contributed by atoms with van der Waals surface area (Å²) in [6.07, 6.45) is 3.73. The van der Waals surface area contributed by atoms with E-state index in [0.717, 1.165) is 10.6 Å². The zero-order chi connectivity index (χ0) is 18.7. The van der Waals surface area contributed by atoms with Crippen LogP contribution in [0.1, 0.15) is 0 Å². The van der Waals surface area contributed by atoms with Crippen molar-refractivity contribution >= 4 is 31.5 Å². The number of sulfone groups is 1. The molecule has 1 aromatic heterocycles. The van der Waals surface area contributed by atoms with Crippen LogP contribution in [-0.4, -0.2) is 51.9 Å². The van der Waals surface area contributed by atoms with E-state index in [0.29, 0.717) is 5.69 Å². The summed E-state index contributed by atoms with van der Waals surface area (Å²) >= 11 is 0. The molecule has 0 radical (unpaired) electrons. The summed E-state index contributed by atoms with van der Waals surface area (Å²) < 4.78 is 48.3. The zero-order valence-corrected chi connectivity index (χ0v) is 15.2. The number of hydrogen-bond acceptors (Lipinski definition) is 6. The molecule has 0 atom stereocenters. The number of aromatic nitrogens is 1. The molecule has 2 aromatic rings. The van der Waals surface area contributed by atoms with E-state index < -0.39 is 32.3 Å². The second-order valence-corrected chi connectivity index (χ2v) is 9.36. The van der Waals surface area contributed by atoms with Crippen LogP contribution >= 0.6 is 0 Å². The Morgan fingerprint density at radius 2 is 1.72 bits per heavy atom. The lowest BCUT2D eigenvalue weighted by molar-refractivity contribution is -0.116. The minimum absolute atomic E-state index is 0.0113. The first-order valence-electron chi connectivity index (χ1n) is 7.07. The lowest BCUT2D eigenvalue weighted by Crippen LogP contribution is -2.35. The fourth-order valence-electron chi connectivity index (χ4n) is 1.95. The van der Waals surface area contributed by atoms with Crippen LogP contribution in [0.3, 0.4) is 0 Å². The van der Waals surface area contributed by atoms with Crippen molar-refractivity contribution in [1.82, 2.24) is 9.29 Å². The Balaban J connectivity index is 2.05. The molecule has 0 bridgehead atoms. The third-order valence-corrected chi connectivity index (χ3v) is 6.19. The van der Waals surface area contributed by atoms with Gasteiger partial charge < -0.3 is 5.32 Å². The van der Waals surface area contributed by atoms with E-state index in [1.807, 2.05) is 0 Å². The van der Waals surface area contributed by atoms with E-state index >= 15 is 0 Å². The second kappa shape index (κ2) is 7.30. The van der Waals surface area contributed by atoms with Gasteiger partial charge in [-0.05, 0) is 36.4 Å². The maximum atomic E-state index is 12.3. The normalized spacial score (nSPS) is 12.1. The number of nitrogens with one attached hydrogen (secondary N) is 1. The highest BCUT2D eigenvalue weighted by Gasteiger charge is 2.23. The molecule has 134 valence electrons. The van der Waals surface area contributed by atoms with Crippen LogP contribution in [0.15, 0.2) is 58.6 Å². The standard InChI is InChI=1S/C15H17N3O5S2/c1-18(25(22,23)14-4-3-9-16-10-14)11-15(19)17-12-5-7-13(8-6-12)24(2,20)21/h3-10H,11H2,1-2H3,(H,17,19). The lowest BCUT2D eigenvalue weighted by Gasteiger charge is -2.16. The largest absolute Gasteiger partial charge is 0.325 e. The molecule has 2 rings (SSSR count). The van der Waals surface area contributed by atoms with Crippen LogP contribution in [0, 0.1) is 0 Å². The van der Waals surface area contributed by atoms with Crippen molar-refractivity contribution in [2.45, 2.75) is 9.79 Å². The Kier molecular flexibility index (Phi) is 5.55. The van der Waals surface area contributed by atoms with Crippen LogP contribution in [0.25, 0.3) is 0 Å². The van der Waals surface area contributed by atoms with Gasteiger partial charge in [-0.25, -0.2) is 16.8 Å². The monoisotopic (exact) mass is 383 g/mol. The first-order valence-corrected chi connectivity index (χ1v) is 10.4. The molecule has 25 heavy (non-hydrogen) atoms. The van der Waals surface area contributed by atoms with Crippen molar-refractivity contribution in [2.75, 3.05) is 25.2 Å². The molecular weight excluding hydrogens is 366 g/mol. The Hall–Kier alpha value is -2.30. The van der Waals surface area contributed by atoms with Crippen LogP contribution in [-0.2, 0) is 24.7 Å². The van der Waals surface area contributed by atoms with E-state index in [-0.39, 0.29) is 9.79 Å². The summed E-state index contributed by atoms with van der Waals surface area (Å²) in [5.41, 5.74) is 0.365. The number of rotatable bonds is 6. The lowest BCUT2D eigenvalue weighted by atomic mass is 10.3. The van der Waals surface area contributed by atoms with E-state index in [2.05, 4.69) is 10.3 Å². The highest BCUT2D eigenvalue weighted by molar-refractivity contribution is 7.90. The molecule has 1 aromatic carbocycles. The van der Waals surface area contributed by atoms with Crippen molar-refractivity contribution in [3.8, 4) is 0 Å². The molecule has 0 saturated heterocycles. The Morgan fingerprint density at radius 3 is 2.24 bits per heavy atom. The molecule has 1 amide bonds. The number of sulfonamides is 1. The number of carbonyl (C=O) groups is 1. The number of nitrogens with zero attached hydrogens (tertiary/aromatic N) is 2. The molecule has 1 N–H and O–H groups in total. The predicted molar refractivity (Wildman–Crippen MR) is 92.2 cm³/mol. The summed E-state index contributed by atoms with van der Waals surface area (Å²) in [6, 6.07) is 8.47. The van der Waals surface area contributed by atoms with Gasteiger partial charge in [-0.15, -0.1) is 0 Å². The van der Waals surface area contributed by atoms with Gasteiger partial charge in [-0.1, -0.05) is 0 Å². The molecule has 0 aliphatic heterocycles. The number of pyridine rings is 1. The SMILES string of the molecule is CN(CC(=O)Nc1ccc(S(C)(=O)=O)cc1)S(=O)(=O)c1cccnc1. The third kappa shape index (κ3) is 4.84. The number of amides is 1. The van der Waals surface area contributed by atoms with E-state index in [1.165, 1.54) is 55.8 Å². The molecule has 0 unspecified atom stereocenters. The van der Waals surface area contributed by atoms with Crippen LogP contribution in [0.5, 0.6) is 0 Å². The van der Waals surface area contributed by atoms with Gasteiger partial charge in [-0.2, -0.15) is 4.31 Å². The molecule has 0 fully saturated rings. The quantitative estimate of drug-likeness (QED) is 0.787. The highest BCUT2D eigenvalue weighted by atomic mass is 32.2. The van der Waals surface area contributed by atoms with Crippen molar-refractivity contribution in [2.24, 2.45) is 0 Å². The van der Waals surface area contributed by atoms with Gasteiger partial charge in [0.05, 0.1) is 11.4 Å². The van der Waals surface area contributed by atoms with Gasteiger partial charge in [-0.3, -0.25) is 9.78 Å². The molecule has 0 aliphatic carbocycles. The Bertz CT molecular complexity index is 956. The van der Waals surface area contributed by atoms with Gasteiger partial charge in [0.15, 0.2) is 9.84 Å². The minimum Gasteiger partial charge on any atom is -0.325 e. The number of carbonyl (C=O) groups excluding carboxylic acids is 1. The summed E-state index contributed by atoms with van der Waals surface area (Å²) in [5, 5.41) is 2.52. The van der Waals surface area contributed by atoms with Gasteiger partial charge >= 0.3 is 0 Å². The fraction of sp³-hybridized carbons (Fsp3) is 0.200. The number of anilines is 1. The molecule has 0 spiro atoms. The van der Waals surface area contributed by atoms with Crippen molar-refractivity contribution in [3.05, 3.63) is 48.8 Å². The molecule has 0 saturated carbocycles. The highest BCUT2D eigenvalue weighted by Crippen LogP contribution is 2.15. The average molecular weight is 383 g/mol. The van der Waals surface area contributed by atoms with E-state index in [4.69, 9.17) is 0 Å². The molecule has 8 nitrogen and oxygen atoms in total. The van der Waals surface area contributed by atoms with Gasteiger partial charge in [0.2, 0.25) is 15.9 Å². The van der Waals surface area contributed by atoms with Gasteiger partial charge in [0, 0.05) is 31.4 Å². The Morgan fingerprint density at radius 1 is 1.08 bits per heavy atom. The van der Waals surface area contributed by atoms with Crippen LogP contribution in [0.4, 0.5) is 5.69 Å². The van der Waals surface area contributed by atoms with Gasteiger partial charge in [0.25, 0.3) is 0 Å². The molecule has 10 heteroatoms. The number of likely N-dealkylation sites (N-methyl/N-ethyl adjacent to an activating group) is 1. The van der Waals surface area contributed by atoms with Crippen molar-refractivity contribution in [3.63, 3.8) is 0 Å². The van der Waals surface area contributed by atoms with Gasteiger partial charge in [0.1, 0.15) is 4.90 Å². The van der Waals surface area contributed by atoms with Crippen molar-refractivity contribution in [1.29, 1.82) is 0 Å². The Labute approximate surface area is 146 Å². The maximum Gasteiger partial charge on any atom is 0.244 e. The summed E-state index contributed by atoms with van der Waals surface area (Å²) in [4.78, 5) is 15.9. The fourth-order valence-corrected chi connectivity index (χ4v) is 3.67. The van der Waals surface area contributed by atoms with Crippen LogP contribution < -0.4 is 5.32 Å². The van der Waals surface area contributed by atoms with Crippen LogP contribution in [0.2, 0.25) is 0 Å². The smallest absolute Gasteiger partial charge is 0.244 e. The number of benzene rings is 1. The first kappa shape index (κ1) is 19.0. The topological polar surface area (TPSA) is 114 Å². The average Bonchev–Trinajstić information content (AvgIpc) is 2.55. The first-order chi connectivity index (χ1) is 11.6. The second-order valence-electron chi connectivity index (χ2n) is 5.29. The van der Waals surface area contributed by atoms with E-state index in [1.54, 1.807) is 0 Å². The summed E-state index contributed by atoms with van der Waals surface area (Å²) in [5.74, 6) is -0.554. The summed E-state index contributed by atoms with van der Waals surface area (Å²) in [6.45, 7) is -0.398. The minimum atomic E-state index is -3.82. The summed E-state index contributed by atoms with van der Waals surface area (Å²) in [7, 11) is -5.86. The number of hydrogen-bond donors (Lipinski definition) is 1. The van der Waals surface area contributed by atoms with Crippen molar-refractivity contribution < 1.29 is 21.6 Å². The molecular formula is C15H17N3O5S2. The molecule has 1 heterocycles.